The van der Waals surface area contributed by atoms with Gasteiger partial charge in [-0.15, -0.1) is 0 Å². The average Bonchev–Trinajstić information content (AvgIpc) is 3.07. The summed E-state index contributed by atoms with van der Waals surface area (Å²) in [6.07, 6.45) is -3.96. The summed E-state index contributed by atoms with van der Waals surface area (Å²) in [6.45, 7) is 1.50. The summed E-state index contributed by atoms with van der Waals surface area (Å²) in [7, 11) is 0. The molecule has 0 saturated carbocycles. The van der Waals surface area contributed by atoms with E-state index in [-0.39, 0.29) is 60.3 Å². The largest absolute Gasteiger partial charge is 0.488 e. The van der Waals surface area contributed by atoms with Gasteiger partial charge in [-0.2, -0.15) is 13.2 Å². The van der Waals surface area contributed by atoms with Crippen LogP contribution in [0.1, 0.15) is 36.1 Å². The number of hydrogen-bond acceptors (Lipinski definition) is 5. The second-order valence-electron chi connectivity index (χ2n) is 9.50. The molecule has 11 heteroatoms. The lowest BCUT2D eigenvalue weighted by Gasteiger charge is -2.26. The van der Waals surface area contributed by atoms with E-state index in [1.807, 2.05) is 30.3 Å². The summed E-state index contributed by atoms with van der Waals surface area (Å²) in [6, 6.07) is 14.0. The smallest absolute Gasteiger partial charge is 0.433 e. The minimum absolute atomic E-state index is 0.0494. The SMILES string of the molecule is Cc1cc(-c2cc(OCc3ccccc3)c3c(Cl)nccc3n2)c(N2CCCC(F)(F)CC2)nc1C(F)(F)F. The van der Waals surface area contributed by atoms with Crippen molar-refractivity contribution in [3.05, 3.63) is 76.7 Å². The van der Waals surface area contributed by atoms with E-state index < -0.39 is 24.2 Å². The van der Waals surface area contributed by atoms with Crippen molar-refractivity contribution in [1.29, 1.82) is 0 Å². The van der Waals surface area contributed by atoms with Gasteiger partial charge >= 0.3 is 6.18 Å². The Kier molecular flexibility index (Phi) is 7.33. The van der Waals surface area contributed by atoms with Gasteiger partial charge < -0.3 is 9.64 Å². The van der Waals surface area contributed by atoms with Crippen molar-refractivity contribution in [3.8, 4) is 17.0 Å². The number of ether oxygens (including phenoxy) is 1. The normalized spacial score (nSPS) is 15.8. The van der Waals surface area contributed by atoms with E-state index in [9.17, 15) is 22.0 Å². The van der Waals surface area contributed by atoms with Crippen LogP contribution in [-0.2, 0) is 12.8 Å². The molecule has 5 rings (SSSR count). The molecule has 0 radical (unpaired) electrons. The van der Waals surface area contributed by atoms with Crippen LogP contribution in [0.15, 0.2) is 54.7 Å². The summed E-state index contributed by atoms with van der Waals surface area (Å²) >= 11 is 6.39. The van der Waals surface area contributed by atoms with Crippen molar-refractivity contribution in [2.24, 2.45) is 0 Å². The molecule has 0 spiro atoms. The zero-order valence-electron chi connectivity index (χ0n) is 20.9. The molecule has 0 atom stereocenters. The van der Waals surface area contributed by atoms with Crippen LogP contribution in [0.25, 0.3) is 22.2 Å². The molecule has 0 N–H and O–H groups in total. The van der Waals surface area contributed by atoms with Crippen LogP contribution in [-0.4, -0.2) is 34.0 Å². The number of halogens is 6. The molecule has 1 aromatic carbocycles. The molecule has 0 bridgehead atoms. The first-order valence-electron chi connectivity index (χ1n) is 12.4. The van der Waals surface area contributed by atoms with Gasteiger partial charge in [-0.3, -0.25) is 0 Å². The predicted octanol–water partition coefficient (Wildman–Crippen LogP) is 7.88. The quantitative estimate of drug-likeness (QED) is 0.183. The van der Waals surface area contributed by atoms with Gasteiger partial charge in [0.15, 0.2) is 0 Å². The van der Waals surface area contributed by atoms with Crippen LogP contribution in [0.4, 0.5) is 27.8 Å². The minimum atomic E-state index is -4.72. The molecule has 39 heavy (non-hydrogen) atoms. The third kappa shape index (κ3) is 5.90. The van der Waals surface area contributed by atoms with E-state index in [0.29, 0.717) is 16.7 Å². The van der Waals surface area contributed by atoms with Gasteiger partial charge in [0.25, 0.3) is 0 Å². The minimum Gasteiger partial charge on any atom is -0.488 e. The van der Waals surface area contributed by atoms with E-state index in [1.165, 1.54) is 24.1 Å². The molecular formula is C28H24ClF5N4O. The first-order chi connectivity index (χ1) is 18.5. The number of nitrogens with zero attached hydrogens (tertiary/aromatic N) is 4. The Morgan fingerprint density at radius 2 is 1.79 bits per heavy atom. The molecular weight excluding hydrogens is 539 g/mol. The maximum atomic E-state index is 14.1. The Balaban J connectivity index is 1.66. The number of fused-ring (bicyclic) bond motifs is 1. The van der Waals surface area contributed by atoms with E-state index in [2.05, 4.69) is 15.0 Å². The van der Waals surface area contributed by atoms with Crippen molar-refractivity contribution in [2.75, 3.05) is 18.0 Å². The zero-order chi connectivity index (χ0) is 27.8. The Morgan fingerprint density at radius 1 is 1.03 bits per heavy atom. The molecule has 0 aliphatic carbocycles. The van der Waals surface area contributed by atoms with Crippen molar-refractivity contribution in [2.45, 2.75) is 44.9 Å². The molecule has 3 aromatic heterocycles. The van der Waals surface area contributed by atoms with Gasteiger partial charge in [0.2, 0.25) is 5.92 Å². The molecule has 5 nitrogen and oxygen atoms in total. The maximum Gasteiger partial charge on any atom is 0.433 e. The summed E-state index contributed by atoms with van der Waals surface area (Å²) in [4.78, 5) is 14.3. The van der Waals surface area contributed by atoms with E-state index >= 15 is 0 Å². The molecule has 1 aliphatic heterocycles. The average molecular weight is 563 g/mol. The number of rotatable bonds is 5. The van der Waals surface area contributed by atoms with Crippen LogP contribution in [0.3, 0.4) is 0 Å². The standard InChI is InChI=1S/C28H24ClF5N4O/c1-17-14-19(26(37-24(17)28(32,33)34)38-12-5-9-27(30,31)10-13-38)21-15-22(39-16-18-6-3-2-4-7-18)23-20(36-21)8-11-35-25(23)29/h2-4,6-8,11,14-15H,5,9-10,12-13,16H2,1H3. The zero-order valence-corrected chi connectivity index (χ0v) is 21.7. The lowest BCUT2D eigenvalue weighted by Crippen LogP contribution is -2.28. The molecule has 1 fully saturated rings. The van der Waals surface area contributed by atoms with Gasteiger partial charge in [0, 0.05) is 43.8 Å². The number of anilines is 1. The number of hydrogen-bond donors (Lipinski definition) is 0. The van der Waals surface area contributed by atoms with E-state index in [0.717, 1.165) is 5.56 Å². The number of aromatic nitrogens is 3. The molecule has 1 saturated heterocycles. The number of alkyl halides is 5. The summed E-state index contributed by atoms with van der Waals surface area (Å²) < 4.78 is 75.9. The van der Waals surface area contributed by atoms with Crippen LogP contribution >= 0.6 is 11.6 Å². The van der Waals surface area contributed by atoms with Crippen LogP contribution in [0.2, 0.25) is 5.15 Å². The predicted molar refractivity (Wildman–Crippen MR) is 139 cm³/mol. The van der Waals surface area contributed by atoms with Crippen molar-refractivity contribution in [3.63, 3.8) is 0 Å². The number of aryl methyl sites for hydroxylation is 1. The first-order valence-corrected chi connectivity index (χ1v) is 12.7. The van der Waals surface area contributed by atoms with Crippen LogP contribution < -0.4 is 9.64 Å². The van der Waals surface area contributed by atoms with Crippen molar-refractivity contribution < 1.29 is 26.7 Å². The third-order valence-corrected chi connectivity index (χ3v) is 6.92. The highest BCUT2D eigenvalue weighted by Crippen LogP contribution is 2.41. The molecule has 4 aromatic rings. The van der Waals surface area contributed by atoms with E-state index in [1.54, 1.807) is 12.1 Å². The van der Waals surface area contributed by atoms with Crippen molar-refractivity contribution in [1.82, 2.24) is 15.0 Å². The topological polar surface area (TPSA) is 51.1 Å². The highest BCUT2D eigenvalue weighted by Gasteiger charge is 2.38. The van der Waals surface area contributed by atoms with Crippen molar-refractivity contribution >= 4 is 28.3 Å². The fourth-order valence-corrected chi connectivity index (χ4v) is 4.94. The Hall–Kier alpha value is -3.53. The van der Waals surface area contributed by atoms with Gasteiger partial charge in [-0.05, 0) is 36.6 Å². The Bertz CT molecular complexity index is 1500. The molecule has 4 heterocycles. The van der Waals surface area contributed by atoms with Gasteiger partial charge in [0.05, 0.1) is 16.6 Å². The molecule has 1 aliphatic rings. The molecule has 204 valence electrons. The maximum absolute atomic E-state index is 14.1. The van der Waals surface area contributed by atoms with Gasteiger partial charge in [-0.25, -0.2) is 23.7 Å². The lowest BCUT2D eigenvalue weighted by atomic mass is 10.0. The van der Waals surface area contributed by atoms with Crippen LogP contribution in [0.5, 0.6) is 5.75 Å². The first kappa shape index (κ1) is 27.1. The second kappa shape index (κ2) is 10.6. The fourth-order valence-electron chi connectivity index (χ4n) is 4.69. The Labute approximate surface area is 226 Å². The summed E-state index contributed by atoms with van der Waals surface area (Å²) in [5, 5.41) is 0.609. The summed E-state index contributed by atoms with van der Waals surface area (Å²) in [5.74, 6) is -2.61. The van der Waals surface area contributed by atoms with Crippen LogP contribution in [0, 0.1) is 6.92 Å². The highest BCUT2D eigenvalue weighted by molar-refractivity contribution is 6.34. The monoisotopic (exact) mass is 562 g/mol. The van der Waals surface area contributed by atoms with Gasteiger partial charge in [-0.1, -0.05) is 41.9 Å². The Morgan fingerprint density at radius 3 is 2.54 bits per heavy atom. The van der Waals surface area contributed by atoms with E-state index in [4.69, 9.17) is 16.3 Å². The fraction of sp³-hybridized carbons (Fsp3) is 0.321. The number of benzene rings is 1. The number of pyridine rings is 3. The summed E-state index contributed by atoms with van der Waals surface area (Å²) in [5.41, 5.74) is 0.700. The molecule has 0 amide bonds. The second-order valence-corrected chi connectivity index (χ2v) is 9.85. The highest BCUT2D eigenvalue weighted by atomic mass is 35.5. The molecule has 0 unspecified atom stereocenters. The third-order valence-electron chi connectivity index (χ3n) is 6.63. The van der Waals surface area contributed by atoms with Gasteiger partial charge in [0.1, 0.15) is 29.0 Å². The lowest BCUT2D eigenvalue weighted by molar-refractivity contribution is -0.141.